The third-order valence-corrected chi connectivity index (χ3v) is 3.75. The number of carbonyl (C=O) groups excluding carboxylic acids is 1. The first-order valence-electron chi connectivity index (χ1n) is 7.66. The van der Waals surface area contributed by atoms with Crippen molar-refractivity contribution in [2.45, 2.75) is 26.2 Å². The second-order valence-corrected chi connectivity index (χ2v) is 5.46. The number of phenolic OH excluding ortho intramolecular Hbond substituents is 1. The molecule has 0 atom stereocenters. The molecule has 2 rings (SSSR count). The number of aromatic hydroxyl groups is 1. The molecule has 0 aliphatic carbocycles. The highest BCUT2D eigenvalue weighted by molar-refractivity contribution is 5.78. The quantitative estimate of drug-likeness (QED) is 0.790. The summed E-state index contributed by atoms with van der Waals surface area (Å²) in [5, 5.41) is 12.3. The van der Waals surface area contributed by atoms with E-state index in [1.807, 2.05) is 12.1 Å². The molecule has 1 aromatic rings. The maximum absolute atomic E-state index is 11.8. The lowest BCUT2D eigenvalue weighted by Crippen LogP contribution is -2.39. The first-order valence-corrected chi connectivity index (χ1v) is 7.66. The van der Waals surface area contributed by atoms with Crippen molar-refractivity contribution in [3.8, 4) is 5.75 Å². The fraction of sp³-hybridized carbons (Fsp3) is 0.471. The van der Waals surface area contributed by atoms with Gasteiger partial charge in [-0.05, 0) is 36.1 Å². The topological polar surface area (TPSA) is 52.6 Å². The van der Waals surface area contributed by atoms with Gasteiger partial charge in [0.2, 0.25) is 5.91 Å². The van der Waals surface area contributed by atoms with Crippen molar-refractivity contribution < 1.29 is 9.90 Å². The smallest absolute Gasteiger partial charge is 0.234 e. The van der Waals surface area contributed by atoms with Crippen LogP contribution in [0.15, 0.2) is 30.3 Å². The maximum atomic E-state index is 11.8. The molecule has 4 heteroatoms. The number of benzene rings is 1. The Bertz CT molecular complexity index is 494. The Morgan fingerprint density at radius 3 is 2.71 bits per heavy atom. The van der Waals surface area contributed by atoms with Gasteiger partial charge >= 0.3 is 0 Å². The standard InChI is InChI=1S/C17H24N2O2/c1-2-3-10-18-17(21)13-19-11-8-15(9-12-19)14-4-6-16(20)7-5-14/h4-8,20H,2-3,9-13H2,1H3,(H,18,21). The zero-order valence-electron chi connectivity index (χ0n) is 12.6. The van der Waals surface area contributed by atoms with Crippen molar-refractivity contribution in [2.75, 3.05) is 26.2 Å². The molecule has 2 N–H and O–H groups in total. The van der Waals surface area contributed by atoms with Gasteiger partial charge in [-0.15, -0.1) is 0 Å². The molecule has 21 heavy (non-hydrogen) atoms. The minimum absolute atomic E-state index is 0.116. The summed E-state index contributed by atoms with van der Waals surface area (Å²) in [5.74, 6) is 0.408. The molecule has 4 nitrogen and oxygen atoms in total. The highest BCUT2D eigenvalue weighted by Gasteiger charge is 2.15. The number of amides is 1. The summed E-state index contributed by atoms with van der Waals surface area (Å²) in [7, 11) is 0. The van der Waals surface area contributed by atoms with E-state index in [1.54, 1.807) is 12.1 Å². The van der Waals surface area contributed by atoms with E-state index in [2.05, 4.69) is 23.2 Å². The third-order valence-electron chi connectivity index (χ3n) is 3.75. The lowest BCUT2D eigenvalue weighted by atomic mass is 9.99. The highest BCUT2D eigenvalue weighted by atomic mass is 16.3. The van der Waals surface area contributed by atoms with Crippen LogP contribution < -0.4 is 5.32 Å². The lowest BCUT2D eigenvalue weighted by molar-refractivity contribution is -0.122. The number of nitrogens with one attached hydrogen (secondary N) is 1. The van der Waals surface area contributed by atoms with Crippen LogP contribution in [-0.4, -0.2) is 42.1 Å². The Balaban J connectivity index is 1.81. The summed E-state index contributed by atoms with van der Waals surface area (Å²) in [4.78, 5) is 13.9. The van der Waals surface area contributed by atoms with Crippen molar-refractivity contribution in [1.29, 1.82) is 0 Å². The molecule has 1 aliphatic rings. The van der Waals surface area contributed by atoms with Gasteiger partial charge in [-0.2, -0.15) is 0 Å². The Morgan fingerprint density at radius 2 is 2.10 bits per heavy atom. The summed E-state index contributed by atoms with van der Waals surface area (Å²) in [6.45, 7) is 5.07. The average Bonchev–Trinajstić information content (AvgIpc) is 2.49. The zero-order valence-corrected chi connectivity index (χ0v) is 12.6. The van der Waals surface area contributed by atoms with Gasteiger partial charge in [0.15, 0.2) is 0 Å². The Labute approximate surface area is 126 Å². The number of carbonyl (C=O) groups is 1. The van der Waals surface area contributed by atoms with Crippen LogP contribution in [0, 0.1) is 0 Å². The predicted octanol–water partition coefficient (Wildman–Crippen LogP) is 2.40. The summed E-state index contributed by atoms with van der Waals surface area (Å²) in [6, 6.07) is 7.30. The van der Waals surface area contributed by atoms with E-state index < -0.39 is 0 Å². The average molecular weight is 288 g/mol. The first kappa shape index (κ1) is 15.6. The Morgan fingerprint density at radius 1 is 1.33 bits per heavy atom. The molecule has 0 fully saturated rings. The second-order valence-electron chi connectivity index (χ2n) is 5.46. The maximum Gasteiger partial charge on any atom is 0.234 e. The van der Waals surface area contributed by atoms with Crippen molar-refractivity contribution in [3.63, 3.8) is 0 Å². The zero-order chi connectivity index (χ0) is 15.1. The molecule has 0 saturated heterocycles. The van der Waals surface area contributed by atoms with Gasteiger partial charge in [-0.1, -0.05) is 31.6 Å². The molecule has 1 heterocycles. The number of phenols is 1. The van der Waals surface area contributed by atoms with Crippen LogP contribution in [0.3, 0.4) is 0 Å². The van der Waals surface area contributed by atoms with Gasteiger partial charge in [0, 0.05) is 19.6 Å². The Hall–Kier alpha value is -1.81. The van der Waals surface area contributed by atoms with Crippen LogP contribution in [0.4, 0.5) is 0 Å². The van der Waals surface area contributed by atoms with Crippen LogP contribution in [0.5, 0.6) is 5.75 Å². The van der Waals surface area contributed by atoms with Crippen LogP contribution >= 0.6 is 0 Å². The number of unbranched alkanes of at least 4 members (excludes halogenated alkanes) is 1. The SMILES string of the molecule is CCCCNC(=O)CN1CC=C(c2ccc(O)cc2)CC1. The molecule has 0 saturated carbocycles. The first-order chi connectivity index (χ1) is 10.2. The van der Waals surface area contributed by atoms with Gasteiger partial charge in [0.25, 0.3) is 0 Å². The van der Waals surface area contributed by atoms with E-state index >= 15 is 0 Å². The fourth-order valence-corrected chi connectivity index (χ4v) is 2.46. The number of hydrogen-bond donors (Lipinski definition) is 2. The third kappa shape index (κ3) is 4.90. The van der Waals surface area contributed by atoms with Crippen LogP contribution in [0.2, 0.25) is 0 Å². The number of rotatable bonds is 6. The molecule has 0 unspecified atom stereocenters. The summed E-state index contributed by atoms with van der Waals surface area (Å²) in [6.07, 6.45) is 5.25. The van der Waals surface area contributed by atoms with E-state index in [0.717, 1.165) is 44.5 Å². The van der Waals surface area contributed by atoms with Gasteiger partial charge in [-0.3, -0.25) is 9.69 Å². The number of nitrogens with zero attached hydrogens (tertiary/aromatic N) is 1. The van der Waals surface area contributed by atoms with E-state index in [1.165, 1.54) is 5.57 Å². The summed E-state index contributed by atoms with van der Waals surface area (Å²) < 4.78 is 0. The Kier molecular flexibility index (Phi) is 5.81. The van der Waals surface area contributed by atoms with Gasteiger partial charge in [0.1, 0.15) is 5.75 Å². The van der Waals surface area contributed by atoms with Crippen molar-refractivity contribution in [2.24, 2.45) is 0 Å². The van der Waals surface area contributed by atoms with Crippen molar-refractivity contribution in [3.05, 3.63) is 35.9 Å². The lowest BCUT2D eigenvalue weighted by Gasteiger charge is -2.25. The van der Waals surface area contributed by atoms with Gasteiger partial charge in [0.05, 0.1) is 6.54 Å². The van der Waals surface area contributed by atoms with E-state index in [4.69, 9.17) is 0 Å². The molecular formula is C17H24N2O2. The van der Waals surface area contributed by atoms with Gasteiger partial charge < -0.3 is 10.4 Å². The molecule has 114 valence electrons. The second kappa shape index (κ2) is 7.84. The largest absolute Gasteiger partial charge is 0.508 e. The predicted molar refractivity (Wildman–Crippen MR) is 85.1 cm³/mol. The molecule has 0 bridgehead atoms. The highest BCUT2D eigenvalue weighted by Crippen LogP contribution is 2.23. The minimum atomic E-state index is 0.116. The summed E-state index contributed by atoms with van der Waals surface area (Å²) >= 11 is 0. The molecule has 0 radical (unpaired) electrons. The normalized spacial score (nSPS) is 15.6. The van der Waals surface area contributed by atoms with E-state index in [-0.39, 0.29) is 5.91 Å². The molecule has 1 aromatic carbocycles. The van der Waals surface area contributed by atoms with Gasteiger partial charge in [-0.25, -0.2) is 0 Å². The molecular weight excluding hydrogens is 264 g/mol. The summed E-state index contributed by atoms with van der Waals surface area (Å²) in [5.41, 5.74) is 2.44. The number of hydrogen-bond acceptors (Lipinski definition) is 3. The van der Waals surface area contributed by atoms with Crippen molar-refractivity contribution >= 4 is 11.5 Å². The van der Waals surface area contributed by atoms with E-state index in [9.17, 15) is 9.90 Å². The minimum Gasteiger partial charge on any atom is -0.508 e. The monoisotopic (exact) mass is 288 g/mol. The van der Waals surface area contributed by atoms with Crippen LogP contribution in [0.25, 0.3) is 5.57 Å². The van der Waals surface area contributed by atoms with Crippen LogP contribution in [-0.2, 0) is 4.79 Å². The molecule has 0 spiro atoms. The van der Waals surface area contributed by atoms with E-state index in [0.29, 0.717) is 12.3 Å². The van der Waals surface area contributed by atoms with Crippen LogP contribution in [0.1, 0.15) is 31.7 Å². The molecule has 1 amide bonds. The molecule has 0 aromatic heterocycles. The van der Waals surface area contributed by atoms with Crippen molar-refractivity contribution in [1.82, 2.24) is 10.2 Å². The molecule has 1 aliphatic heterocycles. The fourth-order valence-electron chi connectivity index (χ4n) is 2.46.